The number of nitrogens with zero attached hydrogens (tertiary/aromatic N) is 3. The van der Waals surface area contributed by atoms with E-state index in [4.69, 9.17) is 12.2 Å². The Balaban J connectivity index is 1.66. The Morgan fingerprint density at radius 3 is 2.42 bits per heavy atom. The molecule has 0 unspecified atom stereocenters. The fraction of sp³-hybridized carbons (Fsp3) is 0.214. The number of phenols is 1. The number of rotatable bonds is 6. The third-order valence-electron chi connectivity index (χ3n) is 6.79. The predicted molar refractivity (Wildman–Crippen MR) is 154 cm³/mol. The summed E-state index contributed by atoms with van der Waals surface area (Å²) in [6.45, 7) is 5.91. The number of hydrogen-bond donors (Lipinski definition) is 3. The van der Waals surface area contributed by atoms with Crippen LogP contribution in [0.25, 0.3) is 5.69 Å². The lowest BCUT2D eigenvalue weighted by atomic mass is 9.96. The lowest BCUT2D eigenvalue weighted by Gasteiger charge is -2.29. The topological polar surface area (TPSA) is 99.5 Å². The monoisotopic (exact) mass is 547 g/mol. The van der Waals surface area contributed by atoms with Crippen molar-refractivity contribution < 1.29 is 13.5 Å². The van der Waals surface area contributed by atoms with Gasteiger partial charge in [0.2, 0.25) is 10.0 Å². The van der Waals surface area contributed by atoms with Crippen molar-refractivity contribution in [2.45, 2.75) is 32.9 Å². The summed E-state index contributed by atoms with van der Waals surface area (Å²) in [6.07, 6.45) is 2.90. The van der Waals surface area contributed by atoms with E-state index in [2.05, 4.69) is 26.0 Å². The van der Waals surface area contributed by atoms with Gasteiger partial charge in [0.05, 0.1) is 35.4 Å². The molecule has 0 bridgehead atoms. The van der Waals surface area contributed by atoms with Gasteiger partial charge in [0, 0.05) is 23.3 Å². The fourth-order valence-corrected chi connectivity index (χ4v) is 6.15. The third-order valence-corrected chi connectivity index (χ3v) is 7.70. The number of hydrogen-bond acceptors (Lipinski definition) is 5. The number of thiocarbonyl (C=S) groups is 1. The molecule has 2 aromatic carbocycles. The first-order valence-electron chi connectivity index (χ1n) is 12.1. The van der Waals surface area contributed by atoms with Gasteiger partial charge in [0.15, 0.2) is 5.11 Å². The fourth-order valence-electron chi connectivity index (χ4n) is 5.17. The number of aromatic hydroxyl groups is 1. The minimum absolute atomic E-state index is 0.198. The van der Waals surface area contributed by atoms with Crippen LogP contribution in [0.5, 0.6) is 5.75 Å². The number of pyridine rings is 1. The predicted octanol–water partition coefficient (Wildman–Crippen LogP) is 5.05. The van der Waals surface area contributed by atoms with Crippen LogP contribution >= 0.6 is 12.2 Å². The number of para-hydroxylation sites is 2. The van der Waals surface area contributed by atoms with Gasteiger partial charge in [-0.3, -0.25) is 9.71 Å². The van der Waals surface area contributed by atoms with Crippen molar-refractivity contribution in [3.05, 3.63) is 101 Å². The second kappa shape index (κ2) is 9.77. The SMILES string of the molecule is Cc1cc(N2C(=S)N[C@@H](c3ccccn3)[C@@H]2c2cc(C)n(-c3ccccc3O)c2C)ccc1NS(C)(=O)=O. The molecule has 38 heavy (non-hydrogen) atoms. The molecule has 4 aromatic rings. The molecular weight excluding hydrogens is 518 g/mol. The average molecular weight is 548 g/mol. The van der Waals surface area contributed by atoms with Gasteiger partial charge in [-0.1, -0.05) is 18.2 Å². The van der Waals surface area contributed by atoms with Crippen LogP contribution in [0.1, 0.15) is 40.3 Å². The van der Waals surface area contributed by atoms with Crippen molar-refractivity contribution in [1.82, 2.24) is 14.9 Å². The first-order chi connectivity index (χ1) is 18.0. The second-order valence-corrected chi connectivity index (χ2v) is 11.7. The summed E-state index contributed by atoms with van der Waals surface area (Å²) in [6, 6.07) is 20.3. The van der Waals surface area contributed by atoms with E-state index in [0.717, 1.165) is 40.2 Å². The average Bonchev–Trinajstić information content (AvgIpc) is 3.36. The van der Waals surface area contributed by atoms with Crippen LogP contribution in [-0.2, 0) is 10.0 Å². The minimum Gasteiger partial charge on any atom is -0.506 e. The van der Waals surface area contributed by atoms with Crippen LogP contribution in [-0.4, -0.2) is 34.4 Å². The summed E-state index contributed by atoms with van der Waals surface area (Å²) in [5, 5.41) is 14.6. The molecule has 1 aliphatic rings. The highest BCUT2D eigenvalue weighted by Crippen LogP contribution is 2.44. The maximum absolute atomic E-state index is 11.8. The highest BCUT2D eigenvalue weighted by molar-refractivity contribution is 7.92. The molecule has 2 atom stereocenters. The van der Waals surface area contributed by atoms with Crippen LogP contribution < -0.4 is 14.9 Å². The lowest BCUT2D eigenvalue weighted by Crippen LogP contribution is -2.29. The Hall–Kier alpha value is -3.89. The maximum Gasteiger partial charge on any atom is 0.229 e. The minimum atomic E-state index is -3.41. The van der Waals surface area contributed by atoms with Gasteiger partial charge >= 0.3 is 0 Å². The zero-order chi connectivity index (χ0) is 27.2. The van der Waals surface area contributed by atoms with Gasteiger partial charge in [-0.25, -0.2) is 8.42 Å². The number of aromatic nitrogens is 2. The van der Waals surface area contributed by atoms with E-state index >= 15 is 0 Å². The lowest BCUT2D eigenvalue weighted by molar-refractivity contribution is 0.471. The highest BCUT2D eigenvalue weighted by Gasteiger charge is 2.42. The molecular formula is C28H29N5O3S2. The van der Waals surface area contributed by atoms with E-state index in [9.17, 15) is 13.5 Å². The van der Waals surface area contributed by atoms with Crippen LogP contribution in [0.4, 0.5) is 11.4 Å². The van der Waals surface area contributed by atoms with Gasteiger partial charge in [0.1, 0.15) is 5.75 Å². The van der Waals surface area contributed by atoms with E-state index in [-0.39, 0.29) is 17.8 Å². The van der Waals surface area contributed by atoms with E-state index in [0.29, 0.717) is 16.5 Å². The zero-order valence-electron chi connectivity index (χ0n) is 21.5. The first-order valence-corrected chi connectivity index (χ1v) is 14.4. The Kier molecular flexibility index (Phi) is 6.62. The molecule has 0 saturated carbocycles. The van der Waals surface area contributed by atoms with Crippen molar-refractivity contribution in [2.24, 2.45) is 0 Å². The van der Waals surface area contributed by atoms with Gasteiger partial charge in [0.25, 0.3) is 0 Å². The normalized spacial score (nSPS) is 17.5. The summed E-state index contributed by atoms with van der Waals surface area (Å²) in [7, 11) is -3.41. The van der Waals surface area contributed by atoms with Crippen LogP contribution in [0.15, 0.2) is 72.9 Å². The molecule has 0 spiro atoms. The second-order valence-electron chi connectivity index (χ2n) is 9.52. The van der Waals surface area contributed by atoms with E-state index < -0.39 is 10.0 Å². The third kappa shape index (κ3) is 4.72. The van der Waals surface area contributed by atoms with E-state index in [1.165, 1.54) is 0 Å². The van der Waals surface area contributed by atoms with Gasteiger partial charge in [-0.05, 0) is 92.6 Å². The largest absolute Gasteiger partial charge is 0.506 e. The van der Waals surface area contributed by atoms with Crippen molar-refractivity contribution in [1.29, 1.82) is 0 Å². The molecule has 1 fully saturated rings. The number of sulfonamides is 1. The molecule has 0 radical (unpaired) electrons. The Morgan fingerprint density at radius 1 is 1.03 bits per heavy atom. The maximum atomic E-state index is 11.8. The van der Waals surface area contributed by atoms with Crippen molar-refractivity contribution >= 4 is 38.7 Å². The number of nitrogens with one attached hydrogen (secondary N) is 2. The van der Waals surface area contributed by atoms with Crippen LogP contribution in [0.3, 0.4) is 0 Å². The Morgan fingerprint density at radius 2 is 1.76 bits per heavy atom. The molecule has 1 aliphatic heterocycles. The smallest absolute Gasteiger partial charge is 0.229 e. The molecule has 1 saturated heterocycles. The number of aryl methyl sites for hydroxylation is 2. The van der Waals surface area contributed by atoms with Crippen molar-refractivity contribution in [2.75, 3.05) is 15.9 Å². The molecule has 196 valence electrons. The summed E-state index contributed by atoms with van der Waals surface area (Å²) in [4.78, 5) is 6.69. The Bertz CT molecular complexity index is 1630. The molecule has 10 heteroatoms. The molecule has 0 amide bonds. The number of anilines is 2. The van der Waals surface area contributed by atoms with Crippen molar-refractivity contribution in [3.8, 4) is 11.4 Å². The molecule has 8 nitrogen and oxygen atoms in total. The number of phenolic OH excluding ortho intramolecular Hbond substituents is 1. The number of benzene rings is 2. The van der Waals surface area contributed by atoms with Crippen molar-refractivity contribution in [3.63, 3.8) is 0 Å². The molecule has 2 aromatic heterocycles. The molecule has 5 rings (SSSR count). The quantitative estimate of drug-likeness (QED) is 0.291. The van der Waals surface area contributed by atoms with Crippen LogP contribution in [0.2, 0.25) is 0 Å². The van der Waals surface area contributed by atoms with Gasteiger partial charge in [-0.2, -0.15) is 0 Å². The molecule has 3 N–H and O–H groups in total. The first kappa shape index (κ1) is 25.7. The van der Waals surface area contributed by atoms with Gasteiger partial charge in [-0.15, -0.1) is 0 Å². The molecule has 3 heterocycles. The molecule has 0 aliphatic carbocycles. The highest BCUT2D eigenvalue weighted by atomic mass is 32.2. The van der Waals surface area contributed by atoms with E-state index in [1.54, 1.807) is 24.4 Å². The Labute approximate surface area is 228 Å². The summed E-state index contributed by atoms with van der Waals surface area (Å²) >= 11 is 5.87. The van der Waals surface area contributed by atoms with Gasteiger partial charge < -0.3 is 19.9 Å². The standard InChI is InChI=1S/C28H29N5O3S2/c1-17-15-20(12-13-22(17)31-38(4,35)36)33-27(26(30-28(33)37)23-9-7-8-14-29-23)21-16-18(2)32(19(21)3)24-10-5-6-11-25(24)34/h5-16,26-27,31,34H,1-4H3,(H,30,37)/t26-,27-/m0/s1. The zero-order valence-corrected chi connectivity index (χ0v) is 23.1. The van der Waals surface area contributed by atoms with E-state index in [1.807, 2.05) is 67.8 Å². The summed E-state index contributed by atoms with van der Waals surface area (Å²) in [5.41, 5.74) is 6.65. The van der Waals surface area contributed by atoms with Crippen LogP contribution in [0, 0.1) is 20.8 Å². The summed E-state index contributed by atoms with van der Waals surface area (Å²) in [5.74, 6) is 0.198. The summed E-state index contributed by atoms with van der Waals surface area (Å²) < 4.78 is 28.2.